The van der Waals surface area contributed by atoms with Gasteiger partial charge in [-0.1, -0.05) is 18.2 Å². The van der Waals surface area contributed by atoms with Gasteiger partial charge in [-0.3, -0.25) is 4.79 Å². The third-order valence-electron chi connectivity index (χ3n) is 7.44. The van der Waals surface area contributed by atoms with Gasteiger partial charge >= 0.3 is 5.97 Å². The third kappa shape index (κ3) is 3.66. The second-order valence-electron chi connectivity index (χ2n) is 9.78. The highest BCUT2D eigenvalue weighted by molar-refractivity contribution is 5.79. The molecule has 4 fully saturated rings. The summed E-state index contributed by atoms with van der Waals surface area (Å²) < 4.78 is 11.6. The van der Waals surface area contributed by atoms with E-state index >= 15 is 0 Å². The van der Waals surface area contributed by atoms with Crippen LogP contribution in [-0.2, 0) is 4.79 Å². The van der Waals surface area contributed by atoms with E-state index in [0.717, 1.165) is 42.0 Å². The molecule has 3 aromatic rings. The van der Waals surface area contributed by atoms with Crippen LogP contribution < -0.4 is 9.47 Å². The normalized spacial score (nSPS) is 27.8. The lowest BCUT2D eigenvalue weighted by atomic mass is 9.49. The first-order valence-electron chi connectivity index (χ1n) is 11.5. The minimum atomic E-state index is -0.288. The number of hydrogen-bond donors (Lipinski definition) is 0. The number of aromatic nitrogens is 2. The van der Waals surface area contributed by atoms with Crippen molar-refractivity contribution in [1.29, 1.82) is 0 Å². The molecule has 0 spiro atoms. The molecule has 5 heteroatoms. The van der Waals surface area contributed by atoms with E-state index in [1.807, 2.05) is 60.7 Å². The Kier molecular flexibility index (Phi) is 4.71. The molecule has 0 radical (unpaired) electrons. The van der Waals surface area contributed by atoms with E-state index in [1.54, 1.807) is 6.07 Å². The van der Waals surface area contributed by atoms with Gasteiger partial charge < -0.3 is 9.47 Å². The fourth-order valence-electron chi connectivity index (χ4n) is 6.41. The van der Waals surface area contributed by atoms with Crippen molar-refractivity contribution in [2.75, 3.05) is 0 Å². The zero-order valence-corrected chi connectivity index (χ0v) is 17.9. The first-order valence-corrected chi connectivity index (χ1v) is 11.5. The van der Waals surface area contributed by atoms with E-state index in [-0.39, 0.29) is 11.4 Å². The van der Waals surface area contributed by atoms with Gasteiger partial charge in [-0.25, -0.2) is 0 Å². The lowest BCUT2D eigenvalue weighted by Gasteiger charge is -2.55. The third-order valence-corrected chi connectivity index (χ3v) is 7.44. The molecule has 1 heterocycles. The Hall–Kier alpha value is -3.21. The van der Waals surface area contributed by atoms with Crippen molar-refractivity contribution in [2.24, 2.45) is 23.2 Å². The second kappa shape index (κ2) is 7.73. The van der Waals surface area contributed by atoms with Crippen molar-refractivity contribution < 1.29 is 14.3 Å². The molecule has 0 aliphatic heterocycles. The highest BCUT2D eigenvalue weighted by atomic mass is 16.5. The lowest BCUT2D eigenvalue weighted by Crippen LogP contribution is -2.51. The van der Waals surface area contributed by atoms with Gasteiger partial charge in [0.1, 0.15) is 11.5 Å². The van der Waals surface area contributed by atoms with Gasteiger partial charge in [0.05, 0.1) is 11.1 Å². The van der Waals surface area contributed by atoms with Gasteiger partial charge in [-0.15, -0.1) is 10.2 Å². The van der Waals surface area contributed by atoms with Crippen molar-refractivity contribution in [1.82, 2.24) is 10.2 Å². The predicted octanol–water partition coefficient (Wildman–Crippen LogP) is 6.06. The van der Waals surface area contributed by atoms with Crippen LogP contribution in [0, 0.1) is 23.2 Å². The second-order valence-corrected chi connectivity index (χ2v) is 9.78. The van der Waals surface area contributed by atoms with E-state index in [9.17, 15) is 4.79 Å². The van der Waals surface area contributed by atoms with Gasteiger partial charge in [-0.05, 0) is 98.7 Å². The molecule has 4 saturated carbocycles. The molecule has 0 amide bonds. The molecular weight excluding hydrogens is 400 g/mol. The maximum atomic E-state index is 13.1. The van der Waals surface area contributed by atoms with Gasteiger partial charge in [0, 0.05) is 11.6 Å². The monoisotopic (exact) mass is 426 g/mol. The molecule has 7 rings (SSSR count). The topological polar surface area (TPSA) is 61.3 Å². The fraction of sp³-hybridized carbons (Fsp3) is 0.370. The van der Waals surface area contributed by atoms with E-state index in [0.29, 0.717) is 23.6 Å². The molecule has 1 aromatic heterocycles. The molecule has 4 aliphatic carbocycles. The highest BCUT2D eigenvalue weighted by Crippen LogP contribution is 2.60. The van der Waals surface area contributed by atoms with Crippen molar-refractivity contribution in [3.63, 3.8) is 0 Å². The fourth-order valence-corrected chi connectivity index (χ4v) is 6.41. The van der Waals surface area contributed by atoms with Crippen LogP contribution in [0.5, 0.6) is 17.4 Å². The minimum absolute atomic E-state index is 0.0962. The Morgan fingerprint density at radius 2 is 1.38 bits per heavy atom. The highest BCUT2D eigenvalue weighted by Gasteiger charge is 2.55. The van der Waals surface area contributed by atoms with Crippen molar-refractivity contribution in [2.45, 2.75) is 38.5 Å². The van der Waals surface area contributed by atoms with Crippen LogP contribution in [0.1, 0.15) is 38.5 Å². The van der Waals surface area contributed by atoms with E-state index in [1.165, 1.54) is 19.3 Å². The van der Waals surface area contributed by atoms with Crippen LogP contribution in [0.4, 0.5) is 0 Å². The number of esters is 1. The van der Waals surface area contributed by atoms with Crippen LogP contribution in [0.2, 0.25) is 0 Å². The first-order chi connectivity index (χ1) is 15.6. The molecule has 0 atom stereocenters. The minimum Gasteiger partial charge on any atom is -0.457 e. The lowest BCUT2D eigenvalue weighted by molar-refractivity contribution is -0.161. The molecule has 0 N–H and O–H groups in total. The van der Waals surface area contributed by atoms with Crippen molar-refractivity contribution in [3.05, 3.63) is 66.7 Å². The summed E-state index contributed by atoms with van der Waals surface area (Å²) in [5.74, 6) is 3.86. The van der Waals surface area contributed by atoms with Gasteiger partial charge in [0.2, 0.25) is 5.88 Å². The number of hydrogen-bond acceptors (Lipinski definition) is 5. The number of rotatable bonds is 5. The first kappa shape index (κ1) is 19.5. The summed E-state index contributed by atoms with van der Waals surface area (Å²) >= 11 is 0. The molecule has 4 aliphatic rings. The number of ether oxygens (including phenoxy) is 2. The van der Waals surface area contributed by atoms with Crippen molar-refractivity contribution in [3.8, 4) is 28.6 Å². The molecule has 4 bridgehead atoms. The van der Waals surface area contributed by atoms with Gasteiger partial charge in [0.25, 0.3) is 0 Å². The van der Waals surface area contributed by atoms with E-state index in [2.05, 4.69) is 10.2 Å². The average molecular weight is 427 g/mol. The Morgan fingerprint density at radius 1 is 0.750 bits per heavy atom. The number of carbonyl (C=O) groups is 1. The summed E-state index contributed by atoms with van der Waals surface area (Å²) in [5.41, 5.74) is 1.37. The SMILES string of the molecule is O=C(Oc1ccc(-c2ccc(Oc3ccccc3)cc2)nn1)C12CC3CC(CC(C3)C1)C2. The molecule has 0 saturated heterocycles. The smallest absolute Gasteiger partial charge is 0.318 e. The maximum Gasteiger partial charge on any atom is 0.318 e. The summed E-state index contributed by atoms with van der Waals surface area (Å²) in [6.45, 7) is 0. The van der Waals surface area contributed by atoms with Gasteiger partial charge in [-0.2, -0.15) is 0 Å². The number of carbonyl (C=O) groups excluding carboxylic acids is 1. The van der Waals surface area contributed by atoms with E-state index < -0.39 is 0 Å². The molecule has 0 unspecified atom stereocenters. The summed E-state index contributed by atoms with van der Waals surface area (Å²) in [4.78, 5) is 13.1. The van der Waals surface area contributed by atoms with Crippen LogP contribution in [0.15, 0.2) is 66.7 Å². The van der Waals surface area contributed by atoms with Crippen molar-refractivity contribution >= 4 is 5.97 Å². The van der Waals surface area contributed by atoms with Crippen LogP contribution in [0.3, 0.4) is 0 Å². The van der Waals surface area contributed by atoms with E-state index in [4.69, 9.17) is 9.47 Å². The maximum absolute atomic E-state index is 13.1. The van der Waals surface area contributed by atoms with Crippen LogP contribution in [-0.4, -0.2) is 16.2 Å². The molecule has 2 aromatic carbocycles. The standard InChI is InChI=1S/C27H26N2O3/c30-26(27-15-18-12-19(16-27)14-20(13-18)17-27)32-25-11-10-24(28-29-25)21-6-8-23(9-7-21)31-22-4-2-1-3-5-22/h1-11,18-20H,12-17H2. The number of nitrogens with zero attached hydrogens (tertiary/aromatic N) is 2. The Labute approximate surface area is 187 Å². The summed E-state index contributed by atoms with van der Waals surface area (Å²) in [6.07, 6.45) is 6.87. The predicted molar refractivity (Wildman–Crippen MR) is 120 cm³/mol. The van der Waals surface area contributed by atoms with Crippen LogP contribution >= 0.6 is 0 Å². The van der Waals surface area contributed by atoms with Gasteiger partial charge in [0.15, 0.2) is 0 Å². The molecule has 162 valence electrons. The summed E-state index contributed by atoms with van der Waals surface area (Å²) in [6, 6.07) is 21.0. The number of benzene rings is 2. The Balaban J connectivity index is 1.12. The molecule has 32 heavy (non-hydrogen) atoms. The Bertz CT molecular complexity index is 1070. The largest absolute Gasteiger partial charge is 0.457 e. The quantitative estimate of drug-likeness (QED) is 0.464. The summed E-state index contributed by atoms with van der Waals surface area (Å²) in [5, 5.41) is 8.48. The average Bonchev–Trinajstić information content (AvgIpc) is 2.80. The summed E-state index contributed by atoms with van der Waals surface area (Å²) in [7, 11) is 0. The zero-order chi connectivity index (χ0) is 21.5. The molecule has 5 nitrogen and oxygen atoms in total. The Morgan fingerprint density at radius 3 is 1.97 bits per heavy atom. The molecular formula is C27H26N2O3. The zero-order valence-electron chi connectivity index (χ0n) is 17.9. The van der Waals surface area contributed by atoms with Crippen LogP contribution in [0.25, 0.3) is 11.3 Å². The number of para-hydroxylation sites is 1.